The minimum absolute atomic E-state index is 0.0661. The van der Waals surface area contributed by atoms with Crippen molar-refractivity contribution < 1.29 is 18.7 Å². The number of benzene rings is 1. The largest absolute Gasteiger partial charge is 0.473 e. The summed E-state index contributed by atoms with van der Waals surface area (Å²) in [7, 11) is 0. The topological polar surface area (TPSA) is 80.9 Å². The van der Waals surface area contributed by atoms with Gasteiger partial charge in [-0.1, -0.05) is 12.5 Å². The van der Waals surface area contributed by atoms with Crippen molar-refractivity contribution in [2.24, 2.45) is 11.8 Å². The van der Waals surface area contributed by atoms with Crippen LogP contribution >= 0.6 is 0 Å². The lowest BCUT2D eigenvalue weighted by Gasteiger charge is -2.46. The van der Waals surface area contributed by atoms with E-state index in [0.717, 1.165) is 19.3 Å². The number of amides is 1. The summed E-state index contributed by atoms with van der Waals surface area (Å²) in [6.07, 6.45) is 4.08. The molecule has 8 nitrogen and oxygen atoms in total. The van der Waals surface area contributed by atoms with Crippen molar-refractivity contribution in [3.8, 4) is 5.88 Å². The fraction of sp³-hybridized carbons (Fsp3) is 0.520. The van der Waals surface area contributed by atoms with Gasteiger partial charge in [0.05, 0.1) is 17.8 Å². The summed E-state index contributed by atoms with van der Waals surface area (Å²) >= 11 is 0. The minimum Gasteiger partial charge on any atom is -0.473 e. The highest BCUT2D eigenvalue weighted by Crippen LogP contribution is 2.39. The standard InChI is InChI=1S/C25H30FN5O3/c1-15-22(30-20-10-9-18(27-5)11-19(20)26)28-14-29-23(15)33-21-16-7-6-8-17(21)13-31(12-16)24(32)34-25(2,3)4/h9-11,14,16-17,21H,6-8,12-13H2,1-4H3,(H,28,29,30). The molecule has 1 aromatic carbocycles. The van der Waals surface area contributed by atoms with Crippen LogP contribution in [0.15, 0.2) is 24.5 Å². The average molecular weight is 468 g/mol. The minimum atomic E-state index is -0.531. The number of carbonyl (C=O) groups is 1. The molecule has 34 heavy (non-hydrogen) atoms. The maximum atomic E-state index is 14.4. The molecule has 2 bridgehead atoms. The van der Waals surface area contributed by atoms with E-state index in [4.69, 9.17) is 16.0 Å². The summed E-state index contributed by atoms with van der Waals surface area (Å²) in [6, 6.07) is 4.25. The molecule has 1 aromatic heterocycles. The summed E-state index contributed by atoms with van der Waals surface area (Å²) < 4.78 is 26.4. The van der Waals surface area contributed by atoms with E-state index in [1.54, 1.807) is 11.0 Å². The van der Waals surface area contributed by atoms with Crippen molar-refractivity contribution in [1.29, 1.82) is 0 Å². The van der Waals surface area contributed by atoms with Gasteiger partial charge in [0.1, 0.15) is 29.7 Å². The van der Waals surface area contributed by atoms with Crippen LogP contribution in [-0.4, -0.2) is 45.8 Å². The quantitative estimate of drug-likeness (QED) is 0.587. The molecule has 2 atom stereocenters. The van der Waals surface area contributed by atoms with E-state index in [-0.39, 0.29) is 35.4 Å². The number of hydrogen-bond acceptors (Lipinski definition) is 6. The Labute approximate surface area is 199 Å². The zero-order chi connectivity index (χ0) is 24.5. The van der Waals surface area contributed by atoms with Crippen LogP contribution in [0.3, 0.4) is 0 Å². The second kappa shape index (κ2) is 9.45. The van der Waals surface area contributed by atoms with E-state index in [1.807, 2.05) is 27.7 Å². The van der Waals surface area contributed by atoms with Crippen molar-refractivity contribution in [3.05, 3.63) is 47.3 Å². The van der Waals surface area contributed by atoms with Gasteiger partial charge in [-0.2, -0.15) is 0 Å². The van der Waals surface area contributed by atoms with Crippen LogP contribution in [0.1, 0.15) is 45.6 Å². The van der Waals surface area contributed by atoms with E-state index in [0.29, 0.717) is 30.4 Å². The first-order valence-electron chi connectivity index (χ1n) is 11.5. The van der Waals surface area contributed by atoms with Crippen molar-refractivity contribution in [1.82, 2.24) is 14.9 Å². The zero-order valence-electron chi connectivity index (χ0n) is 20.0. The Morgan fingerprint density at radius 1 is 1.24 bits per heavy atom. The first-order chi connectivity index (χ1) is 16.1. The molecule has 180 valence electrons. The Hall–Kier alpha value is -3.41. The zero-order valence-corrected chi connectivity index (χ0v) is 20.0. The number of halogens is 1. The van der Waals surface area contributed by atoms with E-state index >= 15 is 0 Å². The third-order valence-electron chi connectivity index (χ3n) is 6.26. The number of likely N-dealkylation sites (tertiary alicyclic amines) is 1. The average Bonchev–Trinajstić information content (AvgIpc) is 2.76. The fourth-order valence-corrected chi connectivity index (χ4v) is 4.66. The molecule has 2 aliphatic rings. The first kappa shape index (κ1) is 23.7. The Morgan fingerprint density at radius 2 is 1.94 bits per heavy atom. The van der Waals surface area contributed by atoms with Gasteiger partial charge in [0.25, 0.3) is 0 Å². The second-order valence-electron chi connectivity index (χ2n) is 9.97. The summed E-state index contributed by atoms with van der Waals surface area (Å²) in [5.74, 6) is 0.728. The van der Waals surface area contributed by atoms with E-state index < -0.39 is 11.4 Å². The van der Waals surface area contributed by atoms with Gasteiger partial charge in [-0.3, -0.25) is 0 Å². The van der Waals surface area contributed by atoms with Crippen molar-refractivity contribution in [3.63, 3.8) is 0 Å². The number of hydrogen-bond donors (Lipinski definition) is 1. The lowest BCUT2D eigenvalue weighted by atomic mass is 9.75. The van der Waals surface area contributed by atoms with E-state index in [2.05, 4.69) is 20.1 Å². The molecule has 1 aliphatic heterocycles. The summed E-state index contributed by atoms with van der Waals surface area (Å²) in [5.41, 5.74) is 0.596. The summed E-state index contributed by atoms with van der Waals surface area (Å²) in [5, 5.41) is 2.99. The van der Waals surface area contributed by atoms with Crippen molar-refractivity contribution in [2.45, 2.75) is 58.7 Å². The van der Waals surface area contributed by atoms with Gasteiger partial charge in [0.2, 0.25) is 5.88 Å². The number of ether oxygens (including phenoxy) is 2. The fourth-order valence-electron chi connectivity index (χ4n) is 4.66. The van der Waals surface area contributed by atoms with Crippen LogP contribution in [0.5, 0.6) is 5.88 Å². The Balaban J connectivity index is 1.49. The third-order valence-corrected chi connectivity index (χ3v) is 6.26. The molecule has 0 spiro atoms. The smallest absolute Gasteiger partial charge is 0.410 e. The maximum Gasteiger partial charge on any atom is 0.410 e. The van der Waals surface area contributed by atoms with Crippen LogP contribution in [-0.2, 0) is 4.74 Å². The highest BCUT2D eigenvalue weighted by atomic mass is 19.1. The van der Waals surface area contributed by atoms with Crippen molar-refractivity contribution in [2.75, 3.05) is 18.4 Å². The number of aromatic nitrogens is 2. The molecule has 2 heterocycles. The molecule has 2 aromatic rings. The number of piperidine rings is 1. The Bertz CT molecular complexity index is 1100. The number of nitrogens with one attached hydrogen (secondary N) is 1. The number of carbonyl (C=O) groups excluding carboxylic acids is 1. The number of anilines is 2. The highest BCUT2D eigenvalue weighted by Gasteiger charge is 2.43. The molecular formula is C25H30FN5O3. The van der Waals surface area contributed by atoms with Crippen LogP contribution < -0.4 is 10.1 Å². The van der Waals surface area contributed by atoms with Gasteiger partial charge >= 0.3 is 6.09 Å². The second-order valence-corrected chi connectivity index (χ2v) is 9.97. The molecule has 1 saturated carbocycles. The molecule has 9 heteroatoms. The number of rotatable bonds is 4. The predicted octanol–water partition coefficient (Wildman–Crippen LogP) is 5.63. The van der Waals surface area contributed by atoms with E-state index in [1.165, 1.54) is 18.5 Å². The molecular weight excluding hydrogens is 437 g/mol. The van der Waals surface area contributed by atoms with Crippen molar-refractivity contribution >= 4 is 23.3 Å². The van der Waals surface area contributed by atoms with Gasteiger partial charge in [-0.05, 0) is 52.7 Å². The molecule has 1 aliphatic carbocycles. The van der Waals surface area contributed by atoms with Crippen LogP contribution in [0, 0.1) is 31.1 Å². The van der Waals surface area contributed by atoms with E-state index in [9.17, 15) is 9.18 Å². The lowest BCUT2D eigenvalue weighted by molar-refractivity contribution is -0.0467. The monoisotopic (exact) mass is 467 g/mol. The predicted molar refractivity (Wildman–Crippen MR) is 126 cm³/mol. The number of fused-ring (bicyclic) bond motifs is 2. The van der Waals surface area contributed by atoms with Gasteiger partial charge in [0.15, 0.2) is 5.69 Å². The Morgan fingerprint density at radius 3 is 2.56 bits per heavy atom. The molecule has 1 amide bonds. The van der Waals surface area contributed by atoms with Crippen LogP contribution in [0.4, 0.5) is 26.4 Å². The molecule has 1 saturated heterocycles. The van der Waals surface area contributed by atoms with Gasteiger partial charge < -0.3 is 19.7 Å². The molecule has 4 rings (SSSR count). The van der Waals surface area contributed by atoms with Crippen LogP contribution in [0.25, 0.3) is 4.85 Å². The van der Waals surface area contributed by atoms with Gasteiger partial charge in [0, 0.05) is 24.9 Å². The summed E-state index contributed by atoms with van der Waals surface area (Å²) in [4.78, 5) is 26.3. The first-order valence-corrected chi connectivity index (χ1v) is 11.5. The summed E-state index contributed by atoms with van der Waals surface area (Å²) in [6.45, 7) is 15.6. The normalized spacial score (nSPS) is 22.0. The maximum absolute atomic E-state index is 14.4. The Kier molecular flexibility index (Phi) is 6.60. The molecule has 2 unspecified atom stereocenters. The highest BCUT2D eigenvalue weighted by molar-refractivity contribution is 5.68. The van der Waals surface area contributed by atoms with Crippen LogP contribution in [0.2, 0.25) is 0 Å². The van der Waals surface area contributed by atoms with Gasteiger partial charge in [-0.15, -0.1) is 0 Å². The third kappa shape index (κ3) is 5.22. The SMILES string of the molecule is [C-]#[N+]c1ccc(Nc2ncnc(OC3C4CCCC3CN(C(=O)OC(C)(C)C)C4)c2C)c(F)c1. The number of nitrogens with zero attached hydrogens (tertiary/aromatic N) is 4. The van der Waals surface area contributed by atoms with Gasteiger partial charge in [-0.25, -0.2) is 24.0 Å². The lowest BCUT2D eigenvalue weighted by Crippen LogP contribution is -2.56. The molecule has 1 N–H and O–H groups in total. The molecule has 2 fully saturated rings. The molecule has 0 radical (unpaired) electrons.